The lowest BCUT2D eigenvalue weighted by molar-refractivity contribution is 0.0941. The fourth-order valence-corrected chi connectivity index (χ4v) is 3.85. The lowest BCUT2D eigenvalue weighted by Gasteiger charge is -2.12. The third kappa shape index (κ3) is 3.71. The van der Waals surface area contributed by atoms with Gasteiger partial charge in [-0.3, -0.25) is 9.36 Å². The smallest absolute Gasteiger partial charge is 0.257 e. The van der Waals surface area contributed by atoms with E-state index in [2.05, 4.69) is 15.3 Å². The van der Waals surface area contributed by atoms with E-state index in [1.807, 2.05) is 38.1 Å². The first kappa shape index (κ1) is 20.8. The van der Waals surface area contributed by atoms with Crippen LogP contribution in [-0.2, 0) is 10.0 Å². The normalized spacial score (nSPS) is 12.9. The number of nitrogens with two attached hydrogens (primary N) is 2. The van der Waals surface area contributed by atoms with Crippen LogP contribution in [0, 0.1) is 0 Å². The molecule has 2 heterocycles. The SMILES string of the molecule is CC[C@@H](C)NC(=O)c1c(N)n(-c2ccc(S(N)(=O)=O)cc2)c2nc3ccccc3nc12. The van der Waals surface area contributed by atoms with Crippen LogP contribution in [0.2, 0.25) is 0 Å². The molecule has 0 unspecified atom stereocenters. The number of nitrogen functional groups attached to an aromatic ring is 1. The van der Waals surface area contributed by atoms with Gasteiger partial charge < -0.3 is 11.1 Å². The van der Waals surface area contributed by atoms with Crippen molar-refractivity contribution in [1.29, 1.82) is 0 Å². The van der Waals surface area contributed by atoms with Gasteiger partial charge in [0.1, 0.15) is 16.9 Å². The van der Waals surface area contributed by atoms with E-state index < -0.39 is 10.0 Å². The Bertz CT molecular complexity index is 1410. The van der Waals surface area contributed by atoms with Crippen molar-refractivity contribution in [3.8, 4) is 5.69 Å². The Kier molecular flexibility index (Phi) is 5.11. The van der Waals surface area contributed by atoms with Crippen LogP contribution in [0.1, 0.15) is 30.6 Å². The Labute approximate surface area is 179 Å². The van der Waals surface area contributed by atoms with E-state index in [-0.39, 0.29) is 28.2 Å². The van der Waals surface area contributed by atoms with Crippen LogP contribution >= 0.6 is 0 Å². The zero-order valence-corrected chi connectivity index (χ0v) is 17.8. The van der Waals surface area contributed by atoms with Gasteiger partial charge in [-0.2, -0.15) is 0 Å². The molecule has 4 aromatic rings. The molecule has 0 aliphatic carbocycles. The van der Waals surface area contributed by atoms with Gasteiger partial charge in [0.15, 0.2) is 5.65 Å². The molecule has 1 amide bonds. The Morgan fingerprint density at radius 2 is 1.71 bits per heavy atom. The number of carbonyl (C=O) groups is 1. The van der Waals surface area contributed by atoms with E-state index >= 15 is 0 Å². The van der Waals surface area contributed by atoms with E-state index in [1.54, 1.807) is 16.7 Å². The Balaban J connectivity index is 1.99. The van der Waals surface area contributed by atoms with Gasteiger partial charge in [0, 0.05) is 11.7 Å². The molecule has 0 bridgehead atoms. The summed E-state index contributed by atoms with van der Waals surface area (Å²) in [4.78, 5) is 22.4. The third-order valence-corrected chi connectivity index (χ3v) is 6.07. The largest absolute Gasteiger partial charge is 0.384 e. The van der Waals surface area contributed by atoms with Crippen molar-refractivity contribution in [2.24, 2.45) is 5.14 Å². The molecule has 9 nitrogen and oxygen atoms in total. The molecule has 0 aliphatic rings. The first-order valence-electron chi connectivity index (χ1n) is 9.71. The molecule has 0 fully saturated rings. The molecule has 4 rings (SSSR count). The fraction of sp³-hybridized carbons (Fsp3) is 0.190. The number of anilines is 1. The van der Waals surface area contributed by atoms with Crippen molar-refractivity contribution in [2.45, 2.75) is 31.2 Å². The highest BCUT2D eigenvalue weighted by molar-refractivity contribution is 7.89. The second-order valence-electron chi connectivity index (χ2n) is 7.30. The molecule has 160 valence electrons. The van der Waals surface area contributed by atoms with Crippen LogP contribution in [0.5, 0.6) is 0 Å². The van der Waals surface area contributed by atoms with Gasteiger partial charge in [-0.1, -0.05) is 19.1 Å². The van der Waals surface area contributed by atoms with E-state index in [4.69, 9.17) is 10.9 Å². The lowest BCUT2D eigenvalue weighted by Crippen LogP contribution is -2.32. The maximum absolute atomic E-state index is 13.0. The van der Waals surface area contributed by atoms with Crippen molar-refractivity contribution in [3.05, 3.63) is 54.1 Å². The number of primary sulfonamides is 1. The first-order valence-corrected chi connectivity index (χ1v) is 11.3. The van der Waals surface area contributed by atoms with Crippen LogP contribution < -0.4 is 16.2 Å². The topological polar surface area (TPSA) is 146 Å². The molecule has 0 saturated heterocycles. The van der Waals surface area contributed by atoms with E-state index in [0.29, 0.717) is 27.9 Å². The molecule has 0 saturated carbocycles. The summed E-state index contributed by atoms with van der Waals surface area (Å²) in [5.41, 5.74) is 9.23. The average molecular weight is 439 g/mol. The molecule has 2 aromatic carbocycles. The number of amides is 1. The predicted molar refractivity (Wildman–Crippen MR) is 119 cm³/mol. The Morgan fingerprint density at radius 1 is 1.10 bits per heavy atom. The van der Waals surface area contributed by atoms with Crippen LogP contribution in [0.25, 0.3) is 27.9 Å². The molecule has 1 atom stereocenters. The van der Waals surface area contributed by atoms with E-state index in [1.165, 1.54) is 12.1 Å². The van der Waals surface area contributed by atoms with Crippen LogP contribution in [-0.4, -0.2) is 34.9 Å². The molecule has 0 radical (unpaired) electrons. The summed E-state index contributed by atoms with van der Waals surface area (Å²) < 4.78 is 24.8. The summed E-state index contributed by atoms with van der Waals surface area (Å²) in [5.74, 6) is -0.184. The highest BCUT2D eigenvalue weighted by Crippen LogP contribution is 2.31. The average Bonchev–Trinajstić information content (AvgIpc) is 3.02. The minimum Gasteiger partial charge on any atom is -0.384 e. The Hall–Kier alpha value is -3.50. The molecule has 31 heavy (non-hydrogen) atoms. The number of sulfonamides is 1. The van der Waals surface area contributed by atoms with Gasteiger partial charge in [0.2, 0.25) is 10.0 Å². The summed E-state index contributed by atoms with van der Waals surface area (Å²) in [6.07, 6.45) is 0.758. The molecule has 2 aromatic heterocycles. The van der Waals surface area contributed by atoms with Gasteiger partial charge in [0.05, 0.1) is 15.9 Å². The number of para-hydroxylation sites is 2. The summed E-state index contributed by atoms with van der Waals surface area (Å²) >= 11 is 0. The third-order valence-electron chi connectivity index (χ3n) is 5.14. The number of fused-ring (bicyclic) bond motifs is 2. The maximum Gasteiger partial charge on any atom is 0.257 e. The zero-order chi connectivity index (χ0) is 22.3. The summed E-state index contributed by atoms with van der Waals surface area (Å²) in [6, 6.07) is 13.1. The maximum atomic E-state index is 13.0. The van der Waals surface area contributed by atoms with Crippen molar-refractivity contribution < 1.29 is 13.2 Å². The lowest BCUT2D eigenvalue weighted by atomic mass is 10.2. The number of hydrogen-bond acceptors (Lipinski definition) is 6. The van der Waals surface area contributed by atoms with Crippen molar-refractivity contribution in [2.75, 3.05) is 5.73 Å². The summed E-state index contributed by atoms with van der Waals surface area (Å²) in [7, 11) is -3.84. The van der Waals surface area contributed by atoms with Gasteiger partial charge in [-0.25, -0.2) is 23.5 Å². The molecule has 5 N–H and O–H groups in total. The standard InChI is InChI=1S/C21H22N6O3S/c1-3-12(2)24-21(28)17-18-20(26-16-7-5-4-6-15(16)25-18)27(19(17)22)13-8-10-14(11-9-13)31(23,29)30/h4-12H,3,22H2,1-2H3,(H,24,28)(H2,23,29,30)/t12-/m1/s1. The number of hydrogen-bond donors (Lipinski definition) is 3. The zero-order valence-electron chi connectivity index (χ0n) is 17.0. The Morgan fingerprint density at radius 3 is 2.29 bits per heavy atom. The summed E-state index contributed by atoms with van der Waals surface area (Å²) in [5, 5.41) is 8.12. The van der Waals surface area contributed by atoms with E-state index in [0.717, 1.165) is 6.42 Å². The minimum atomic E-state index is -3.84. The van der Waals surface area contributed by atoms with Gasteiger partial charge >= 0.3 is 0 Å². The molecular weight excluding hydrogens is 416 g/mol. The molecular formula is C21H22N6O3S. The number of rotatable bonds is 5. The van der Waals surface area contributed by atoms with Crippen LogP contribution in [0.15, 0.2) is 53.4 Å². The molecule has 10 heteroatoms. The van der Waals surface area contributed by atoms with Crippen molar-refractivity contribution in [1.82, 2.24) is 19.9 Å². The minimum absolute atomic E-state index is 0.0300. The summed E-state index contributed by atoms with van der Waals surface area (Å²) in [6.45, 7) is 3.87. The number of nitrogens with one attached hydrogen (secondary N) is 1. The van der Waals surface area contributed by atoms with Crippen molar-refractivity contribution in [3.63, 3.8) is 0 Å². The highest BCUT2D eigenvalue weighted by Gasteiger charge is 2.25. The first-order chi connectivity index (χ1) is 14.7. The number of benzene rings is 2. The van der Waals surface area contributed by atoms with Gasteiger partial charge in [0.25, 0.3) is 5.91 Å². The monoisotopic (exact) mass is 438 g/mol. The number of carbonyl (C=O) groups excluding carboxylic acids is 1. The van der Waals surface area contributed by atoms with Crippen molar-refractivity contribution >= 4 is 43.9 Å². The van der Waals surface area contributed by atoms with Crippen LogP contribution in [0.4, 0.5) is 5.82 Å². The second-order valence-corrected chi connectivity index (χ2v) is 8.86. The number of nitrogens with zero attached hydrogens (tertiary/aromatic N) is 3. The predicted octanol–water partition coefficient (Wildman–Crippen LogP) is 2.33. The fourth-order valence-electron chi connectivity index (χ4n) is 3.33. The molecule has 0 spiro atoms. The highest BCUT2D eigenvalue weighted by atomic mass is 32.2. The van der Waals surface area contributed by atoms with Crippen LogP contribution in [0.3, 0.4) is 0 Å². The van der Waals surface area contributed by atoms with Gasteiger partial charge in [-0.05, 0) is 49.7 Å². The second kappa shape index (κ2) is 7.64. The number of aromatic nitrogens is 3. The molecule has 0 aliphatic heterocycles. The van der Waals surface area contributed by atoms with Gasteiger partial charge in [-0.15, -0.1) is 0 Å². The van der Waals surface area contributed by atoms with E-state index in [9.17, 15) is 13.2 Å². The quantitative estimate of drug-likeness (QED) is 0.436.